The smallest absolute Gasteiger partial charge is 0.351 e. The fourth-order valence-electron chi connectivity index (χ4n) is 2.34. The Bertz CT molecular complexity index is 572. The third kappa shape index (κ3) is 3.99. The molecular weight excluding hydrogens is 297 g/mol. The van der Waals surface area contributed by atoms with Gasteiger partial charge in [-0.15, -0.1) is 0 Å². The second kappa shape index (κ2) is 6.37. The first-order valence-corrected chi connectivity index (χ1v) is 7.05. The zero-order valence-electron chi connectivity index (χ0n) is 12.0. The third-order valence-corrected chi connectivity index (χ3v) is 3.57. The van der Waals surface area contributed by atoms with Gasteiger partial charge in [-0.1, -0.05) is 25.1 Å². The van der Waals surface area contributed by atoms with Crippen LogP contribution in [0.4, 0.5) is 13.2 Å². The molecule has 7 heteroatoms. The highest BCUT2D eigenvalue weighted by atomic mass is 19.4. The molecule has 0 unspecified atom stereocenters. The van der Waals surface area contributed by atoms with E-state index in [2.05, 4.69) is 10.6 Å². The van der Waals surface area contributed by atoms with Crippen LogP contribution in [0.1, 0.15) is 36.8 Å². The van der Waals surface area contributed by atoms with Gasteiger partial charge in [0.1, 0.15) is 0 Å². The average Bonchev–Trinajstić information content (AvgIpc) is 3.22. The normalized spacial score (nSPS) is 20.4. The summed E-state index contributed by atoms with van der Waals surface area (Å²) >= 11 is 0. The number of carbonyl (C=O) groups excluding carboxylic acids is 2. The van der Waals surface area contributed by atoms with Gasteiger partial charge in [-0.2, -0.15) is 13.2 Å². The first-order chi connectivity index (χ1) is 10.3. The summed E-state index contributed by atoms with van der Waals surface area (Å²) in [6, 6.07) is 5.09. The van der Waals surface area contributed by atoms with Crippen LogP contribution in [0.3, 0.4) is 0 Å². The minimum absolute atomic E-state index is 0.156. The van der Waals surface area contributed by atoms with E-state index in [1.54, 1.807) is 13.0 Å². The van der Waals surface area contributed by atoms with Crippen molar-refractivity contribution < 1.29 is 22.8 Å². The Labute approximate surface area is 126 Å². The van der Waals surface area contributed by atoms with Gasteiger partial charge in [0.2, 0.25) is 11.8 Å². The maximum atomic E-state index is 12.9. The number of alkyl halides is 3. The first-order valence-electron chi connectivity index (χ1n) is 7.05. The van der Waals surface area contributed by atoms with Crippen molar-refractivity contribution in [3.63, 3.8) is 0 Å². The van der Waals surface area contributed by atoms with Crippen LogP contribution in [0, 0.1) is 0 Å². The van der Waals surface area contributed by atoms with Gasteiger partial charge in [-0.05, 0) is 18.1 Å². The van der Waals surface area contributed by atoms with E-state index in [-0.39, 0.29) is 36.4 Å². The lowest BCUT2D eigenvalue weighted by atomic mass is 10.0. The number of amides is 2. The predicted molar refractivity (Wildman–Crippen MR) is 74.0 cm³/mol. The quantitative estimate of drug-likeness (QED) is 0.875. The first kappa shape index (κ1) is 16.3. The number of carbonyl (C=O) groups is 2. The van der Waals surface area contributed by atoms with Crippen LogP contribution in [0.2, 0.25) is 0 Å². The molecule has 0 heterocycles. The molecule has 1 fully saturated rings. The molecule has 1 aliphatic rings. The Kier molecular flexibility index (Phi) is 4.73. The molecule has 2 amide bonds. The molecule has 1 saturated carbocycles. The highest BCUT2D eigenvalue weighted by Gasteiger charge is 2.44. The number of nitrogens with one attached hydrogen (secondary N) is 2. The molecule has 1 aromatic carbocycles. The second-order valence-corrected chi connectivity index (χ2v) is 5.23. The molecule has 0 saturated heterocycles. The molecule has 0 aliphatic heterocycles. The Morgan fingerprint density at radius 3 is 2.55 bits per heavy atom. The summed E-state index contributed by atoms with van der Waals surface area (Å²) in [5, 5.41) is 5.06. The van der Waals surface area contributed by atoms with E-state index in [1.165, 1.54) is 12.1 Å². The molecule has 0 bridgehead atoms. The van der Waals surface area contributed by atoms with Crippen molar-refractivity contribution in [2.24, 2.45) is 0 Å². The minimum atomic E-state index is -4.40. The highest BCUT2D eigenvalue weighted by molar-refractivity contribution is 5.84. The van der Waals surface area contributed by atoms with Gasteiger partial charge in [-0.25, -0.2) is 0 Å². The highest BCUT2D eigenvalue weighted by Crippen LogP contribution is 2.46. The number of hydrogen-bond donors (Lipinski definition) is 2. The van der Waals surface area contributed by atoms with Gasteiger partial charge in [0.15, 0.2) is 0 Å². The minimum Gasteiger partial charge on any atom is -0.351 e. The Hall–Kier alpha value is -2.05. The Morgan fingerprint density at radius 2 is 1.91 bits per heavy atom. The predicted octanol–water partition coefficient (Wildman–Crippen LogP) is 2.20. The van der Waals surface area contributed by atoms with Crippen LogP contribution in [0.5, 0.6) is 0 Å². The van der Waals surface area contributed by atoms with E-state index in [9.17, 15) is 22.8 Å². The maximum Gasteiger partial charge on any atom is 0.416 e. The van der Waals surface area contributed by atoms with Crippen molar-refractivity contribution in [1.82, 2.24) is 10.6 Å². The monoisotopic (exact) mass is 314 g/mol. The second-order valence-electron chi connectivity index (χ2n) is 5.23. The SMILES string of the molecule is CCC(=O)NCC(=O)N[C@@H]1C[C@H]1c1ccccc1C(F)(F)F. The van der Waals surface area contributed by atoms with Gasteiger partial charge >= 0.3 is 6.18 Å². The van der Waals surface area contributed by atoms with Crippen molar-refractivity contribution in [3.05, 3.63) is 35.4 Å². The summed E-state index contributed by atoms with van der Waals surface area (Å²) < 4.78 is 38.8. The Balaban J connectivity index is 1.93. The van der Waals surface area contributed by atoms with Crippen LogP contribution in [0.15, 0.2) is 24.3 Å². The van der Waals surface area contributed by atoms with Crippen LogP contribution in [-0.2, 0) is 15.8 Å². The lowest BCUT2D eigenvalue weighted by Crippen LogP contribution is -2.38. The van der Waals surface area contributed by atoms with Gasteiger partial charge in [0, 0.05) is 18.4 Å². The molecule has 1 aliphatic carbocycles. The number of halogens is 3. The number of benzene rings is 1. The third-order valence-electron chi connectivity index (χ3n) is 3.57. The van der Waals surface area contributed by atoms with E-state index < -0.39 is 17.6 Å². The molecule has 0 aromatic heterocycles. The van der Waals surface area contributed by atoms with Crippen molar-refractivity contribution in [2.45, 2.75) is 37.9 Å². The van der Waals surface area contributed by atoms with Crippen LogP contribution in [-0.4, -0.2) is 24.4 Å². The molecule has 2 N–H and O–H groups in total. The standard InChI is InChI=1S/C15H17F3N2O2/c1-2-13(21)19-8-14(22)20-12-7-10(12)9-5-3-4-6-11(9)15(16,17)18/h3-6,10,12H,2,7-8H2,1H3,(H,19,21)(H,20,22)/t10-,12+/m0/s1. The summed E-state index contributed by atoms with van der Waals surface area (Å²) in [5.41, 5.74) is -0.450. The van der Waals surface area contributed by atoms with E-state index in [0.29, 0.717) is 6.42 Å². The fraction of sp³-hybridized carbons (Fsp3) is 0.467. The summed E-state index contributed by atoms with van der Waals surface area (Å²) in [6.07, 6.45) is -3.65. The van der Waals surface area contributed by atoms with E-state index in [4.69, 9.17) is 0 Å². The van der Waals surface area contributed by atoms with Gasteiger partial charge < -0.3 is 10.6 Å². The van der Waals surface area contributed by atoms with Crippen molar-refractivity contribution in [3.8, 4) is 0 Å². The molecule has 0 spiro atoms. The topological polar surface area (TPSA) is 58.2 Å². The summed E-state index contributed by atoms with van der Waals surface area (Å²) in [5.74, 6) is -0.965. The van der Waals surface area contributed by atoms with Crippen molar-refractivity contribution >= 4 is 11.8 Å². The molecule has 0 radical (unpaired) electrons. The lowest BCUT2D eigenvalue weighted by Gasteiger charge is -2.12. The molecular formula is C15H17F3N2O2. The number of hydrogen-bond acceptors (Lipinski definition) is 2. The average molecular weight is 314 g/mol. The van der Waals surface area contributed by atoms with Crippen LogP contribution in [0.25, 0.3) is 0 Å². The van der Waals surface area contributed by atoms with Crippen LogP contribution >= 0.6 is 0 Å². The summed E-state index contributed by atoms with van der Waals surface area (Å²) in [6.45, 7) is 1.51. The molecule has 120 valence electrons. The van der Waals surface area contributed by atoms with Crippen LogP contribution < -0.4 is 10.6 Å². The van der Waals surface area contributed by atoms with E-state index in [1.807, 2.05) is 0 Å². The summed E-state index contributed by atoms with van der Waals surface area (Å²) in [7, 11) is 0. The zero-order valence-corrected chi connectivity index (χ0v) is 12.0. The van der Waals surface area contributed by atoms with Crippen molar-refractivity contribution in [2.75, 3.05) is 6.54 Å². The zero-order chi connectivity index (χ0) is 16.3. The van der Waals surface area contributed by atoms with Gasteiger partial charge in [0.05, 0.1) is 12.1 Å². The van der Waals surface area contributed by atoms with Gasteiger partial charge in [-0.3, -0.25) is 9.59 Å². The van der Waals surface area contributed by atoms with Gasteiger partial charge in [0.25, 0.3) is 0 Å². The van der Waals surface area contributed by atoms with Crippen molar-refractivity contribution in [1.29, 1.82) is 0 Å². The largest absolute Gasteiger partial charge is 0.416 e. The number of rotatable bonds is 5. The molecule has 2 atom stereocenters. The fourth-order valence-corrected chi connectivity index (χ4v) is 2.34. The molecule has 22 heavy (non-hydrogen) atoms. The van der Waals surface area contributed by atoms with E-state index >= 15 is 0 Å². The van der Waals surface area contributed by atoms with E-state index in [0.717, 1.165) is 6.07 Å². The summed E-state index contributed by atoms with van der Waals surface area (Å²) in [4.78, 5) is 22.7. The Morgan fingerprint density at radius 1 is 1.23 bits per heavy atom. The molecule has 2 rings (SSSR count). The lowest BCUT2D eigenvalue weighted by molar-refractivity contribution is -0.138. The molecule has 1 aromatic rings. The maximum absolute atomic E-state index is 12.9. The molecule has 4 nitrogen and oxygen atoms in total.